The Morgan fingerprint density at radius 2 is 1.88 bits per heavy atom. The van der Waals surface area contributed by atoms with Crippen LogP contribution in [0.15, 0.2) is 41.6 Å². The van der Waals surface area contributed by atoms with E-state index in [9.17, 15) is 22.8 Å². The third kappa shape index (κ3) is 4.33. The highest BCUT2D eigenvalue weighted by molar-refractivity contribution is 6.31. The fourth-order valence-electron chi connectivity index (χ4n) is 3.16. The summed E-state index contributed by atoms with van der Waals surface area (Å²) in [7, 11) is 1.40. The van der Waals surface area contributed by atoms with Gasteiger partial charge in [-0.15, -0.1) is 0 Å². The summed E-state index contributed by atoms with van der Waals surface area (Å²) in [6, 6.07) is 3.47. The minimum Gasteiger partial charge on any atom is -0.363 e. The molecule has 32 heavy (non-hydrogen) atoms. The minimum atomic E-state index is -4.80. The van der Waals surface area contributed by atoms with Gasteiger partial charge in [-0.25, -0.2) is 4.68 Å². The first kappa shape index (κ1) is 23.7. The van der Waals surface area contributed by atoms with Crippen LogP contribution in [0.4, 0.5) is 18.9 Å². The molecule has 3 N–H and O–H groups in total. The second-order valence-electron chi connectivity index (χ2n) is 7.09. The lowest BCUT2D eigenvalue weighted by molar-refractivity contribution is -0.141. The largest absolute Gasteiger partial charge is 0.435 e. The number of amides is 2. The minimum absolute atomic E-state index is 0.0517. The van der Waals surface area contributed by atoms with Crippen LogP contribution < -0.4 is 16.0 Å². The summed E-state index contributed by atoms with van der Waals surface area (Å²) in [5, 5.41) is 11.8. The van der Waals surface area contributed by atoms with Crippen molar-refractivity contribution in [1.82, 2.24) is 20.4 Å². The van der Waals surface area contributed by atoms with Crippen molar-refractivity contribution in [2.24, 2.45) is 0 Å². The summed E-state index contributed by atoms with van der Waals surface area (Å²) >= 11 is 12.3. The van der Waals surface area contributed by atoms with Crippen molar-refractivity contribution >= 4 is 40.7 Å². The lowest BCUT2D eigenvalue weighted by atomic mass is 10.1. The predicted molar refractivity (Wildman–Crippen MR) is 115 cm³/mol. The molecule has 0 aliphatic carbocycles. The second-order valence-corrected chi connectivity index (χ2v) is 7.94. The molecule has 0 fully saturated rings. The third-order valence-corrected chi connectivity index (χ3v) is 5.55. The molecular formula is C20H18Cl2F3N5O2. The van der Waals surface area contributed by atoms with Crippen molar-refractivity contribution in [1.29, 1.82) is 0 Å². The number of hydrogen-bond acceptors (Lipinski definition) is 4. The summed E-state index contributed by atoms with van der Waals surface area (Å²) in [6.07, 6.45) is -0.303. The Balaban J connectivity index is 2.12. The lowest BCUT2D eigenvalue weighted by Gasteiger charge is -2.33. The van der Waals surface area contributed by atoms with Gasteiger partial charge < -0.3 is 16.0 Å². The maximum absolute atomic E-state index is 13.4. The SMILES string of the molecule is CNC(=O)c1cc(Cl)cc(C)c1NC(=O)c1cc(C(F)(F)F)nn1C1(C)NC=CC=C1Cl. The van der Waals surface area contributed by atoms with Crippen molar-refractivity contribution < 1.29 is 22.8 Å². The van der Waals surface area contributed by atoms with Crippen molar-refractivity contribution in [2.45, 2.75) is 25.7 Å². The number of alkyl halides is 3. The molecule has 0 saturated heterocycles. The molecule has 2 heterocycles. The van der Waals surface area contributed by atoms with E-state index >= 15 is 0 Å². The smallest absolute Gasteiger partial charge is 0.363 e. The van der Waals surface area contributed by atoms with Crippen LogP contribution in [-0.2, 0) is 11.8 Å². The monoisotopic (exact) mass is 487 g/mol. The topological polar surface area (TPSA) is 88.1 Å². The van der Waals surface area contributed by atoms with E-state index in [1.165, 1.54) is 38.4 Å². The molecule has 2 amide bonds. The number of anilines is 1. The van der Waals surface area contributed by atoms with Gasteiger partial charge in [0.05, 0.1) is 16.3 Å². The Bertz CT molecular complexity index is 1160. The molecule has 12 heteroatoms. The number of nitrogens with one attached hydrogen (secondary N) is 3. The van der Waals surface area contributed by atoms with Crippen LogP contribution >= 0.6 is 23.2 Å². The predicted octanol–water partition coefficient (Wildman–Crippen LogP) is 4.39. The van der Waals surface area contributed by atoms with Gasteiger partial charge in [0.2, 0.25) is 0 Å². The van der Waals surface area contributed by atoms with Gasteiger partial charge >= 0.3 is 6.18 Å². The first-order valence-corrected chi connectivity index (χ1v) is 9.96. The van der Waals surface area contributed by atoms with Crippen molar-refractivity contribution in [3.8, 4) is 0 Å². The number of aromatic nitrogens is 2. The zero-order chi connectivity index (χ0) is 23.8. The Hall–Kier alpha value is -2.98. The van der Waals surface area contributed by atoms with E-state index in [-0.39, 0.29) is 21.3 Å². The van der Waals surface area contributed by atoms with Gasteiger partial charge in [0.15, 0.2) is 11.4 Å². The molecule has 1 aliphatic rings. The van der Waals surface area contributed by atoms with Gasteiger partial charge in [-0.2, -0.15) is 18.3 Å². The van der Waals surface area contributed by atoms with E-state index < -0.39 is 35.0 Å². The van der Waals surface area contributed by atoms with Crippen LogP contribution in [0.25, 0.3) is 0 Å². The number of hydrogen-bond donors (Lipinski definition) is 3. The summed E-state index contributed by atoms with van der Waals surface area (Å²) in [4.78, 5) is 25.4. The van der Waals surface area contributed by atoms with E-state index in [2.05, 4.69) is 21.0 Å². The van der Waals surface area contributed by atoms with E-state index in [0.717, 1.165) is 4.68 Å². The summed E-state index contributed by atoms with van der Waals surface area (Å²) in [6.45, 7) is 3.07. The summed E-state index contributed by atoms with van der Waals surface area (Å²) in [5.41, 5.74) is -2.56. The highest BCUT2D eigenvalue weighted by Crippen LogP contribution is 2.35. The van der Waals surface area contributed by atoms with Gasteiger partial charge in [-0.3, -0.25) is 9.59 Å². The number of carbonyl (C=O) groups excluding carboxylic acids is 2. The second kappa shape index (κ2) is 8.51. The van der Waals surface area contributed by atoms with Gasteiger partial charge in [0.25, 0.3) is 11.8 Å². The Kier molecular flexibility index (Phi) is 6.30. The van der Waals surface area contributed by atoms with E-state index in [1.807, 2.05) is 0 Å². The summed E-state index contributed by atoms with van der Waals surface area (Å²) < 4.78 is 41.1. The molecule has 1 aliphatic heterocycles. The van der Waals surface area contributed by atoms with Crippen molar-refractivity contribution in [2.75, 3.05) is 12.4 Å². The number of aryl methyl sites for hydroxylation is 1. The highest BCUT2D eigenvalue weighted by Gasteiger charge is 2.41. The molecule has 1 atom stereocenters. The molecule has 1 aromatic heterocycles. The van der Waals surface area contributed by atoms with E-state index in [4.69, 9.17) is 23.2 Å². The first-order chi connectivity index (χ1) is 14.9. The van der Waals surface area contributed by atoms with E-state index in [0.29, 0.717) is 11.6 Å². The van der Waals surface area contributed by atoms with Gasteiger partial charge in [0, 0.05) is 18.1 Å². The molecule has 3 rings (SSSR count). The first-order valence-electron chi connectivity index (χ1n) is 9.20. The van der Waals surface area contributed by atoms with Crippen LogP contribution in [0.3, 0.4) is 0 Å². The molecule has 1 aromatic carbocycles. The van der Waals surface area contributed by atoms with Crippen LogP contribution in [-0.4, -0.2) is 28.6 Å². The lowest BCUT2D eigenvalue weighted by Crippen LogP contribution is -2.46. The van der Waals surface area contributed by atoms with Crippen LogP contribution in [0.5, 0.6) is 0 Å². The molecule has 0 saturated carbocycles. The van der Waals surface area contributed by atoms with Crippen LogP contribution in [0.2, 0.25) is 5.02 Å². The number of nitrogens with zero attached hydrogens (tertiary/aromatic N) is 2. The summed E-state index contributed by atoms with van der Waals surface area (Å²) in [5.74, 6) is -1.46. The van der Waals surface area contributed by atoms with Crippen molar-refractivity contribution in [3.05, 3.63) is 69.1 Å². The average Bonchev–Trinajstić information content (AvgIpc) is 3.18. The van der Waals surface area contributed by atoms with Gasteiger partial charge in [-0.1, -0.05) is 23.2 Å². The van der Waals surface area contributed by atoms with Gasteiger partial charge in [-0.05, 0) is 49.9 Å². The Morgan fingerprint density at radius 1 is 1.19 bits per heavy atom. The molecule has 7 nitrogen and oxygen atoms in total. The Morgan fingerprint density at radius 3 is 2.47 bits per heavy atom. The molecule has 0 bridgehead atoms. The number of halogens is 5. The van der Waals surface area contributed by atoms with Crippen LogP contribution in [0, 0.1) is 6.92 Å². The maximum Gasteiger partial charge on any atom is 0.435 e. The normalized spacial score (nSPS) is 18.1. The third-order valence-electron chi connectivity index (χ3n) is 4.83. The molecule has 2 aromatic rings. The fraction of sp³-hybridized carbons (Fsp3) is 0.250. The highest BCUT2D eigenvalue weighted by atomic mass is 35.5. The van der Waals surface area contributed by atoms with Crippen molar-refractivity contribution in [3.63, 3.8) is 0 Å². The standard InChI is InChI=1S/C20H18Cl2F3N5O2/c1-10-7-11(21)8-12(17(31)26-3)16(10)28-18(32)13-9-15(20(23,24)25)29-30(13)19(2)14(22)5-4-6-27-19/h4-9,27H,1-3H3,(H,26,31)(H,28,32). The quantitative estimate of drug-likeness (QED) is 0.596. The average molecular weight is 488 g/mol. The molecule has 0 spiro atoms. The van der Waals surface area contributed by atoms with E-state index in [1.54, 1.807) is 13.0 Å². The Labute approximate surface area is 191 Å². The molecule has 170 valence electrons. The molecular weight excluding hydrogens is 470 g/mol. The zero-order valence-electron chi connectivity index (χ0n) is 17.1. The van der Waals surface area contributed by atoms with Gasteiger partial charge in [0.1, 0.15) is 5.69 Å². The molecule has 1 unspecified atom stereocenters. The number of allylic oxidation sites excluding steroid dienone is 2. The number of rotatable bonds is 4. The van der Waals surface area contributed by atoms with Crippen LogP contribution in [0.1, 0.15) is 39.0 Å². The molecule has 0 radical (unpaired) electrons. The number of benzene rings is 1. The zero-order valence-corrected chi connectivity index (χ0v) is 18.6. The number of carbonyl (C=O) groups is 2. The maximum atomic E-state index is 13.4. The fourth-order valence-corrected chi connectivity index (χ4v) is 3.64. The number of dihydropyridines is 1.